The molecule has 0 bridgehead atoms. The van der Waals surface area contributed by atoms with Gasteiger partial charge in [0.2, 0.25) is 11.8 Å². The van der Waals surface area contributed by atoms with E-state index in [1.165, 1.54) is 5.56 Å². The summed E-state index contributed by atoms with van der Waals surface area (Å²) in [6.45, 7) is 0.639. The van der Waals surface area contributed by atoms with Gasteiger partial charge in [-0.25, -0.2) is 0 Å². The van der Waals surface area contributed by atoms with Crippen molar-refractivity contribution < 1.29 is 9.15 Å². The molecule has 0 aliphatic heterocycles. The number of ether oxygens (including phenoxy) is 1. The zero-order chi connectivity index (χ0) is 22.7. The number of benzene rings is 3. The van der Waals surface area contributed by atoms with Gasteiger partial charge in [-0.2, -0.15) is 0 Å². The second kappa shape index (κ2) is 12.0. The quantitative estimate of drug-likeness (QED) is 0.294. The summed E-state index contributed by atoms with van der Waals surface area (Å²) < 4.78 is 11.5. The van der Waals surface area contributed by atoms with Gasteiger partial charge < -0.3 is 14.9 Å². The minimum absolute atomic E-state index is 0.0267. The number of rotatable bonds is 11. The Morgan fingerprint density at radius 1 is 0.909 bits per heavy atom. The summed E-state index contributed by atoms with van der Waals surface area (Å²) in [6.07, 6.45) is 4.90. The maximum absolute atomic E-state index is 6.24. The van der Waals surface area contributed by atoms with Crippen LogP contribution in [0.2, 0.25) is 0 Å². The molecular weight excluding hydrogens is 430 g/mol. The normalized spacial score (nSPS) is 12.2. The van der Waals surface area contributed by atoms with Gasteiger partial charge in [-0.3, -0.25) is 0 Å². The molecular formula is C27H27N3O2S. The Morgan fingerprint density at radius 2 is 1.64 bits per heavy atom. The molecule has 6 heteroatoms. The third-order valence-electron chi connectivity index (χ3n) is 4.94. The van der Waals surface area contributed by atoms with E-state index in [0.29, 0.717) is 24.1 Å². The van der Waals surface area contributed by atoms with Crippen molar-refractivity contribution >= 4 is 17.8 Å². The van der Waals surface area contributed by atoms with Gasteiger partial charge in [0.1, 0.15) is 5.75 Å². The zero-order valence-corrected chi connectivity index (χ0v) is 19.2. The molecule has 2 N–H and O–H groups in total. The van der Waals surface area contributed by atoms with Gasteiger partial charge in [-0.15, -0.1) is 22.0 Å². The molecule has 0 fully saturated rings. The molecule has 168 valence electrons. The molecule has 1 heterocycles. The van der Waals surface area contributed by atoms with Gasteiger partial charge in [0.25, 0.3) is 0 Å². The van der Waals surface area contributed by atoms with E-state index in [0.717, 1.165) is 29.1 Å². The minimum atomic E-state index is -0.0267. The highest BCUT2D eigenvalue weighted by molar-refractivity contribution is 7.98. The van der Waals surface area contributed by atoms with Crippen LogP contribution < -0.4 is 10.5 Å². The predicted octanol–water partition coefficient (Wildman–Crippen LogP) is 5.63. The van der Waals surface area contributed by atoms with Gasteiger partial charge in [0.15, 0.2) is 0 Å². The summed E-state index contributed by atoms with van der Waals surface area (Å²) in [4.78, 5) is 0. The SMILES string of the molecule is NC(/C=C/c1ccc(-c2nnc(CSCCOc3ccccc3)o2)cc1)Cc1ccccc1. The van der Waals surface area contributed by atoms with Crippen molar-refractivity contribution in [3.63, 3.8) is 0 Å². The van der Waals surface area contributed by atoms with Crippen molar-refractivity contribution in [2.24, 2.45) is 5.73 Å². The molecule has 1 atom stereocenters. The fourth-order valence-corrected chi connectivity index (χ4v) is 3.89. The fourth-order valence-electron chi connectivity index (χ4n) is 3.25. The molecule has 0 spiro atoms. The van der Waals surface area contributed by atoms with E-state index < -0.39 is 0 Å². The lowest BCUT2D eigenvalue weighted by atomic mass is 10.0. The van der Waals surface area contributed by atoms with E-state index >= 15 is 0 Å². The molecule has 0 amide bonds. The van der Waals surface area contributed by atoms with Crippen LogP contribution in [0, 0.1) is 0 Å². The molecule has 0 aliphatic carbocycles. The Morgan fingerprint density at radius 3 is 2.39 bits per heavy atom. The average molecular weight is 458 g/mol. The van der Waals surface area contributed by atoms with Crippen LogP contribution >= 0.6 is 11.8 Å². The molecule has 1 aromatic heterocycles. The highest BCUT2D eigenvalue weighted by atomic mass is 32.2. The number of hydrogen-bond acceptors (Lipinski definition) is 6. The summed E-state index contributed by atoms with van der Waals surface area (Å²) in [5, 5.41) is 8.35. The molecule has 3 aromatic carbocycles. The van der Waals surface area contributed by atoms with E-state index in [1.807, 2.05) is 84.9 Å². The molecule has 0 radical (unpaired) electrons. The summed E-state index contributed by atoms with van der Waals surface area (Å²) >= 11 is 1.70. The highest BCUT2D eigenvalue weighted by Crippen LogP contribution is 2.21. The molecule has 33 heavy (non-hydrogen) atoms. The summed E-state index contributed by atoms with van der Waals surface area (Å²) in [7, 11) is 0. The Bertz CT molecular complexity index is 1130. The van der Waals surface area contributed by atoms with Crippen molar-refractivity contribution in [2.75, 3.05) is 12.4 Å². The van der Waals surface area contributed by atoms with Gasteiger partial charge in [-0.05, 0) is 41.8 Å². The van der Waals surface area contributed by atoms with Crippen molar-refractivity contribution in [1.29, 1.82) is 0 Å². The van der Waals surface area contributed by atoms with E-state index in [9.17, 15) is 0 Å². The third-order valence-corrected chi connectivity index (χ3v) is 5.85. The predicted molar refractivity (Wildman–Crippen MR) is 135 cm³/mol. The van der Waals surface area contributed by atoms with Gasteiger partial charge in [0.05, 0.1) is 12.4 Å². The van der Waals surface area contributed by atoms with E-state index in [2.05, 4.69) is 22.3 Å². The fraction of sp³-hybridized carbons (Fsp3) is 0.185. The first-order chi connectivity index (χ1) is 16.3. The first-order valence-electron chi connectivity index (χ1n) is 10.9. The number of nitrogens with zero attached hydrogens (tertiary/aromatic N) is 2. The Labute approximate surface area is 198 Å². The second-order valence-electron chi connectivity index (χ2n) is 7.55. The van der Waals surface area contributed by atoms with Crippen molar-refractivity contribution in [1.82, 2.24) is 10.2 Å². The maximum atomic E-state index is 6.24. The first kappa shape index (κ1) is 22.8. The molecule has 4 aromatic rings. The monoisotopic (exact) mass is 457 g/mol. The lowest BCUT2D eigenvalue weighted by Crippen LogP contribution is -2.19. The maximum Gasteiger partial charge on any atom is 0.247 e. The third kappa shape index (κ3) is 7.34. The standard InChI is InChI=1S/C27H27N3O2S/c28-24(19-22-7-3-1-4-8-22)16-13-21-11-14-23(15-12-21)27-30-29-26(32-27)20-33-18-17-31-25-9-5-2-6-10-25/h1-16,24H,17-20,28H2/b16-13+. The second-order valence-corrected chi connectivity index (χ2v) is 8.65. The van der Waals surface area contributed by atoms with E-state index in [4.69, 9.17) is 14.9 Å². The molecule has 4 rings (SSSR count). The Hall–Kier alpha value is -3.35. The van der Waals surface area contributed by atoms with Crippen LogP contribution in [0.5, 0.6) is 5.75 Å². The summed E-state index contributed by atoms with van der Waals surface area (Å²) in [5.74, 6) is 3.54. The van der Waals surface area contributed by atoms with Crippen LogP contribution in [0.4, 0.5) is 0 Å². The minimum Gasteiger partial charge on any atom is -0.493 e. The Kier molecular flexibility index (Phi) is 8.33. The van der Waals surface area contributed by atoms with Gasteiger partial charge in [-0.1, -0.05) is 72.8 Å². The van der Waals surface area contributed by atoms with E-state index in [-0.39, 0.29) is 6.04 Å². The van der Waals surface area contributed by atoms with Gasteiger partial charge >= 0.3 is 0 Å². The number of thioether (sulfide) groups is 1. The van der Waals surface area contributed by atoms with Gasteiger partial charge in [0, 0.05) is 17.4 Å². The molecule has 0 saturated carbocycles. The molecule has 1 unspecified atom stereocenters. The topological polar surface area (TPSA) is 74.2 Å². The summed E-state index contributed by atoms with van der Waals surface area (Å²) in [6, 6.07) is 28.1. The van der Waals surface area contributed by atoms with Crippen LogP contribution in [-0.4, -0.2) is 28.6 Å². The largest absolute Gasteiger partial charge is 0.493 e. The van der Waals surface area contributed by atoms with Crippen LogP contribution in [0.15, 0.2) is 95.4 Å². The number of aromatic nitrogens is 2. The van der Waals surface area contributed by atoms with Crippen molar-refractivity contribution in [2.45, 2.75) is 18.2 Å². The van der Waals surface area contributed by atoms with Crippen LogP contribution in [-0.2, 0) is 12.2 Å². The number of para-hydroxylation sites is 1. The first-order valence-corrected chi connectivity index (χ1v) is 12.1. The highest BCUT2D eigenvalue weighted by Gasteiger charge is 2.08. The molecule has 0 aliphatic rings. The zero-order valence-electron chi connectivity index (χ0n) is 18.3. The lowest BCUT2D eigenvalue weighted by Gasteiger charge is -2.06. The van der Waals surface area contributed by atoms with Crippen LogP contribution in [0.3, 0.4) is 0 Å². The smallest absolute Gasteiger partial charge is 0.247 e. The molecule has 5 nitrogen and oxygen atoms in total. The molecule has 0 saturated heterocycles. The van der Waals surface area contributed by atoms with E-state index in [1.54, 1.807) is 11.8 Å². The Balaban J connectivity index is 1.22. The average Bonchev–Trinajstić information content (AvgIpc) is 3.33. The van der Waals surface area contributed by atoms with Crippen LogP contribution in [0.1, 0.15) is 17.0 Å². The number of hydrogen-bond donors (Lipinski definition) is 1. The number of nitrogens with two attached hydrogens (primary N) is 1. The van der Waals surface area contributed by atoms with Crippen molar-refractivity contribution in [3.8, 4) is 17.2 Å². The van der Waals surface area contributed by atoms with Crippen molar-refractivity contribution in [3.05, 3.63) is 108 Å². The van der Waals surface area contributed by atoms with Crippen LogP contribution in [0.25, 0.3) is 17.5 Å². The lowest BCUT2D eigenvalue weighted by molar-refractivity contribution is 0.344. The summed E-state index contributed by atoms with van der Waals surface area (Å²) in [5.41, 5.74) is 9.45.